The van der Waals surface area contributed by atoms with Crippen LogP contribution in [0.3, 0.4) is 0 Å². The SMILES string of the molecule is O=C(NCC#Cc1ccccc1)N1CCc2sccc2C1. The fraction of sp³-hybridized carbons (Fsp3) is 0.235. The minimum atomic E-state index is -0.0331. The number of urea groups is 1. The Morgan fingerprint density at radius 1 is 1.29 bits per heavy atom. The minimum absolute atomic E-state index is 0.0331. The highest BCUT2D eigenvalue weighted by atomic mass is 32.1. The van der Waals surface area contributed by atoms with Crippen LogP contribution in [0.1, 0.15) is 16.0 Å². The lowest BCUT2D eigenvalue weighted by Crippen LogP contribution is -2.42. The number of fused-ring (bicyclic) bond motifs is 1. The Morgan fingerprint density at radius 3 is 3.00 bits per heavy atom. The van der Waals surface area contributed by atoms with Crippen LogP contribution < -0.4 is 5.32 Å². The molecule has 0 bridgehead atoms. The van der Waals surface area contributed by atoms with Crippen molar-refractivity contribution in [3.05, 3.63) is 57.8 Å². The summed E-state index contributed by atoms with van der Waals surface area (Å²) in [4.78, 5) is 15.3. The molecule has 2 amide bonds. The number of amides is 2. The summed E-state index contributed by atoms with van der Waals surface area (Å²) < 4.78 is 0. The summed E-state index contributed by atoms with van der Waals surface area (Å²) in [6.45, 7) is 1.86. The van der Waals surface area contributed by atoms with E-state index in [0.717, 1.165) is 18.5 Å². The third-order valence-electron chi connectivity index (χ3n) is 3.43. The highest BCUT2D eigenvalue weighted by Crippen LogP contribution is 2.23. The lowest BCUT2D eigenvalue weighted by Gasteiger charge is -2.26. The molecule has 0 spiro atoms. The van der Waals surface area contributed by atoms with Crippen molar-refractivity contribution in [3.63, 3.8) is 0 Å². The zero-order chi connectivity index (χ0) is 14.5. The molecule has 1 aliphatic heterocycles. The lowest BCUT2D eigenvalue weighted by atomic mass is 10.1. The van der Waals surface area contributed by atoms with E-state index in [1.54, 1.807) is 11.3 Å². The quantitative estimate of drug-likeness (QED) is 0.806. The van der Waals surface area contributed by atoms with Gasteiger partial charge in [-0.05, 0) is 35.6 Å². The number of hydrogen-bond acceptors (Lipinski definition) is 2. The number of nitrogens with zero attached hydrogens (tertiary/aromatic N) is 1. The van der Waals surface area contributed by atoms with E-state index in [-0.39, 0.29) is 6.03 Å². The second-order valence-corrected chi connectivity index (χ2v) is 5.87. The third-order valence-corrected chi connectivity index (χ3v) is 4.45. The Bertz CT molecular complexity index is 682. The van der Waals surface area contributed by atoms with Gasteiger partial charge in [0.2, 0.25) is 0 Å². The second kappa shape index (κ2) is 6.47. The van der Waals surface area contributed by atoms with Crippen molar-refractivity contribution >= 4 is 17.4 Å². The van der Waals surface area contributed by atoms with E-state index in [2.05, 4.69) is 28.6 Å². The van der Waals surface area contributed by atoms with Gasteiger partial charge in [-0.25, -0.2) is 4.79 Å². The number of hydrogen-bond donors (Lipinski definition) is 1. The van der Waals surface area contributed by atoms with Gasteiger partial charge in [-0.2, -0.15) is 0 Å². The maximum Gasteiger partial charge on any atom is 0.318 e. The van der Waals surface area contributed by atoms with Gasteiger partial charge in [0, 0.05) is 23.5 Å². The number of carbonyl (C=O) groups is 1. The minimum Gasteiger partial charge on any atom is -0.327 e. The van der Waals surface area contributed by atoms with E-state index < -0.39 is 0 Å². The summed E-state index contributed by atoms with van der Waals surface area (Å²) in [5.41, 5.74) is 2.24. The van der Waals surface area contributed by atoms with Crippen LogP contribution in [0.15, 0.2) is 41.8 Å². The molecule has 2 heterocycles. The Balaban J connectivity index is 1.50. The van der Waals surface area contributed by atoms with Crippen molar-refractivity contribution in [2.45, 2.75) is 13.0 Å². The molecular weight excluding hydrogens is 280 g/mol. The van der Waals surface area contributed by atoms with Crippen LogP contribution in [0, 0.1) is 11.8 Å². The van der Waals surface area contributed by atoms with Crippen molar-refractivity contribution < 1.29 is 4.79 Å². The van der Waals surface area contributed by atoms with Gasteiger partial charge >= 0.3 is 6.03 Å². The molecule has 21 heavy (non-hydrogen) atoms. The van der Waals surface area contributed by atoms with Gasteiger partial charge in [0.05, 0.1) is 6.54 Å². The molecule has 4 heteroatoms. The topological polar surface area (TPSA) is 32.3 Å². The molecule has 0 saturated heterocycles. The van der Waals surface area contributed by atoms with Gasteiger partial charge in [-0.1, -0.05) is 30.0 Å². The highest BCUT2D eigenvalue weighted by molar-refractivity contribution is 7.10. The largest absolute Gasteiger partial charge is 0.327 e. The van der Waals surface area contributed by atoms with E-state index in [0.29, 0.717) is 13.1 Å². The van der Waals surface area contributed by atoms with Gasteiger partial charge in [-0.3, -0.25) is 0 Å². The first-order valence-electron chi connectivity index (χ1n) is 6.95. The molecule has 1 aromatic heterocycles. The van der Waals surface area contributed by atoms with Crippen LogP contribution in [0.4, 0.5) is 4.79 Å². The van der Waals surface area contributed by atoms with Gasteiger partial charge in [0.25, 0.3) is 0 Å². The van der Waals surface area contributed by atoms with Crippen molar-refractivity contribution in [1.82, 2.24) is 10.2 Å². The molecule has 2 aromatic rings. The highest BCUT2D eigenvalue weighted by Gasteiger charge is 2.20. The summed E-state index contributed by atoms with van der Waals surface area (Å²) in [5.74, 6) is 6.01. The fourth-order valence-corrected chi connectivity index (χ4v) is 3.21. The van der Waals surface area contributed by atoms with Crippen molar-refractivity contribution in [3.8, 4) is 11.8 Å². The molecular formula is C17H16N2OS. The predicted octanol–water partition coefficient (Wildman–Crippen LogP) is 2.87. The maximum absolute atomic E-state index is 12.1. The molecule has 1 N–H and O–H groups in total. The first-order valence-corrected chi connectivity index (χ1v) is 7.83. The van der Waals surface area contributed by atoms with Crippen LogP contribution in [-0.2, 0) is 13.0 Å². The normalized spacial score (nSPS) is 13.0. The molecule has 3 rings (SSSR count). The molecule has 0 aliphatic carbocycles. The molecule has 0 radical (unpaired) electrons. The van der Waals surface area contributed by atoms with Gasteiger partial charge in [-0.15, -0.1) is 11.3 Å². The monoisotopic (exact) mass is 296 g/mol. The molecule has 3 nitrogen and oxygen atoms in total. The smallest absolute Gasteiger partial charge is 0.318 e. The summed E-state index contributed by atoms with van der Waals surface area (Å²) in [6.07, 6.45) is 0.954. The molecule has 1 aromatic carbocycles. The van der Waals surface area contributed by atoms with Crippen molar-refractivity contribution in [2.24, 2.45) is 0 Å². The van der Waals surface area contributed by atoms with Gasteiger partial charge in [0.1, 0.15) is 0 Å². The Labute approximate surface area is 128 Å². The number of rotatable bonds is 1. The van der Waals surface area contributed by atoms with Crippen LogP contribution in [-0.4, -0.2) is 24.0 Å². The van der Waals surface area contributed by atoms with E-state index in [1.807, 2.05) is 35.2 Å². The van der Waals surface area contributed by atoms with E-state index in [9.17, 15) is 4.79 Å². The van der Waals surface area contributed by atoms with Crippen molar-refractivity contribution in [1.29, 1.82) is 0 Å². The van der Waals surface area contributed by atoms with Crippen molar-refractivity contribution in [2.75, 3.05) is 13.1 Å². The fourth-order valence-electron chi connectivity index (χ4n) is 2.32. The van der Waals surface area contributed by atoms with E-state index >= 15 is 0 Å². The summed E-state index contributed by atoms with van der Waals surface area (Å²) in [6, 6.07) is 11.9. The summed E-state index contributed by atoms with van der Waals surface area (Å²) in [5, 5.41) is 4.96. The maximum atomic E-state index is 12.1. The zero-order valence-electron chi connectivity index (χ0n) is 11.6. The third kappa shape index (κ3) is 3.45. The predicted molar refractivity (Wildman–Crippen MR) is 85.2 cm³/mol. The van der Waals surface area contributed by atoms with Gasteiger partial charge in [0.15, 0.2) is 0 Å². The summed E-state index contributed by atoms with van der Waals surface area (Å²) in [7, 11) is 0. The van der Waals surface area contributed by atoms with Crippen LogP contribution in [0.2, 0.25) is 0 Å². The first kappa shape index (κ1) is 13.7. The molecule has 0 unspecified atom stereocenters. The first-order chi connectivity index (χ1) is 10.3. The van der Waals surface area contributed by atoms with Crippen LogP contribution >= 0.6 is 11.3 Å². The van der Waals surface area contributed by atoms with Gasteiger partial charge < -0.3 is 10.2 Å². The number of thiophene rings is 1. The molecule has 106 valence electrons. The van der Waals surface area contributed by atoms with Crippen LogP contribution in [0.25, 0.3) is 0 Å². The lowest BCUT2D eigenvalue weighted by molar-refractivity contribution is 0.194. The zero-order valence-corrected chi connectivity index (χ0v) is 12.5. The van der Waals surface area contributed by atoms with E-state index in [4.69, 9.17) is 0 Å². The average molecular weight is 296 g/mol. The Hall–Kier alpha value is -2.25. The van der Waals surface area contributed by atoms with Crippen LogP contribution in [0.5, 0.6) is 0 Å². The second-order valence-electron chi connectivity index (χ2n) is 4.87. The van der Waals surface area contributed by atoms with E-state index in [1.165, 1.54) is 10.4 Å². The molecule has 0 saturated carbocycles. The molecule has 1 aliphatic rings. The molecule has 0 atom stereocenters. The number of carbonyl (C=O) groups excluding carboxylic acids is 1. The average Bonchev–Trinajstić information content (AvgIpc) is 3.00. The Morgan fingerprint density at radius 2 is 2.14 bits per heavy atom. The summed E-state index contributed by atoms with van der Waals surface area (Å²) >= 11 is 1.78. The number of benzene rings is 1. The molecule has 0 fully saturated rings. The Kier molecular flexibility index (Phi) is 4.23. The number of nitrogens with one attached hydrogen (secondary N) is 1. The standard InChI is InChI=1S/C17H16N2OS/c20-17(18-10-4-7-14-5-2-1-3-6-14)19-11-8-16-15(13-19)9-12-21-16/h1-3,5-6,9,12H,8,10-11,13H2,(H,18,20).